The summed E-state index contributed by atoms with van der Waals surface area (Å²) < 4.78 is 25.8. The summed E-state index contributed by atoms with van der Waals surface area (Å²) in [6.07, 6.45) is -0.276. The molecule has 0 aliphatic carbocycles. The van der Waals surface area contributed by atoms with Gasteiger partial charge in [0.1, 0.15) is 0 Å². The monoisotopic (exact) mass is 272 g/mol. The van der Waals surface area contributed by atoms with Crippen LogP contribution in [-0.2, 0) is 16.4 Å². The molecule has 0 amide bonds. The largest absolute Gasteiger partial charge is 0.392 e. The Labute approximate surface area is 108 Å². The molecule has 1 aromatic carbocycles. The van der Waals surface area contributed by atoms with E-state index in [0.29, 0.717) is 6.42 Å². The van der Waals surface area contributed by atoms with Crippen molar-refractivity contribution in [2.45, 2.75) is 25.5 Å². The van der Waals surface area contributed by atoms with Crippen LogP contribution in [0.25, 0.3) is 0 Å². The van der Waals surface area contributed by atoms with Gasteiger partial charge in [0.25, 0.3) is 0 Å². The lowest BCUT2D eigenvalue weighted by Crippen LogP contribution is -2.44. The molecule has 102 valence electrons. The fourth-order valence-electron chi connectivity index (χ4n) is 1.36. The summed E-state index contributed by atoms with van der Waals surface area (Å²) in [4.78, 5) is 0. The molecule has 5 nitrogen and oxygen atoms in total. The number of aliphatic hydroxyl groups excluding tert-OH is 1. The van der Waals surface area contributed by atoms with Crippen LogP contribution in [0.15, 0.2) is 30.3 Å². The number of benzene rings is 1. The highest BCUT2D eigenvalue weighted by atomic mass is 32.2. The molecule has 18 heavy (non-hydrogen) atoms. The second kappa shape index (κ2) is 6.84. The lowest BCUT2D eigenvalue weighted by atomic mass is 10.2. The smallest absolute Gasteiger partial charge is 0.211 e. The molecular formula is C12H20N2O3S. The zero-order valence-electron chi connectivity index (χ0n) is 10.4. The molecule has 2 atom stereocenters. The molecule has 0 saturated carbocycles. The van der Waals surface area contributed by atoms with E-state index in [0.717, 1.165) is 5.56 Å². The third-order valence-electron chi connectivity index (χ3n) is 2.66. The summed E-state index contributed by atoms with van der Waals surface area (Å²) in [6.45, 7) is 1.58. The van der Waals surface area contributed by atoms with Crippen LogP contribution in [0.2, 0.25) is 0 Å². The maximum atomic E-state index is 11.7. The third kappa shape index (κ3) is 5.59. The number of hydrogen-bond acceptors (Lipinski definition) is 4. The molecule has 4 N–H and O–H groups in total. The van der Waals surface area contributed by atoms with Gasteiger partial charge in [0, 0.05) is 12.6 Å². The van der Waals surface area contributed by atoms with Gasteiger partial charge >= 0.3 is 0 Å². The van der Waals surface area contributed by atoms with E-state index in [2.05, 4.69) is 4.72 Å². The molecular weight excluding hydrogens is 252 g/mol. The first-order valence-corrected chi connectivity index (χ1v) is 7.51. The molecule has 0 radical (unpaired) electrons. The van der Waals surface area contributed by atoms with Gasteiger partial charge in [-0.15, -0.1) is 0 Å². The zero-order valence-corrected chi connectivity index (χ0v) is 11.2. The van der Waals surface area contributed by atoms with E-state index in [-0.39, 0.29) is 12.3 Å². The Kier molecular flexibility index (Phi) is 5.74. The predicted molar refractivity (Wildman–Crippen MR) is 71.6 cm³/mol. The average molecular weight is 272 g/mol. The molecule has 0 fully saturated rings. The van der Waals surface area contributed by atoms with Crippen LogP contribution in [0.1, 0.15) is 12.5 Å². The molecule has 0 bridgehead atoms. The number of rotatable bonds is 7. The van der Waals surface area contributed by atoms with Crippen LogP contribution in [0.3, 0.4) is 0 Å². The quantitative estimate of drug-likeness (QED) is 0.644. The molecule has 6 heteroatoms. The molecule has 0 aliphatic heterocycles. The van der Waals surface area contributed by atoms with E-state index in [9.17, 15) is 8.42 Å². The van der Waals surface area contributed by atoms with Gasteiger partial charge < -0.3 is 10.8 Å². The van der Waals surface area contributed by atoms with Gasteiger partial charge in [0.2, 0.25) is 10.0 Å². The average Bonchev–Trinajstić information content (AvgIpc) is 2.35. The lowest BCUT2D eigenvalue weighted by Gasteiger charge is -2.15. The Bertz CT molecular complexity index is 446. The maximum Gasteiger partial charge on any atom is 0.211 e. The maximum absolute atomic E-state index is 11.7. The first kappa shape index (κ1) is 15.1. The van der Waals surface area contributed by atoms with Gasteiger partial charge in [-0.05, 0) is 18.9 Å². The Balaban J connectivity index is 2.41. The molecule has 1 rings (SSSR count). The number of sulfonamides is 1. The minimum absolute atomic E-state index is 0.0174. The Morgan fingerprint density at radius 2 is 1.94 bits per heavy atom. The van der Waals surface area contributed by atoms with Crippen molar-refractivity contribution < 1.29 is 13.5 Å². The van der Waals surface area contributed by atoms with Crippen LogP contribution in [0.5, 0.6) is 0 Å². The summed E-state index contributed by atoms with van der Waals surface area (Å²) in [5.74, 6) is 0.0174. The summed E-state index contributed by atoms with van der Waals surface area (Å²) in [5.41, 5.74) is 6.53. The number of aliphatic hydroxyl groups is 1. The third-order valence-corrected chi connectivity index (χ3v) is 4.01. The second-order valence-electron chi connectivity index (χ2n) is 4.31. The van der Waals surface area contributed by atoms with Gasteiger partial charge in [-0.1, -0.05) is 30.3 Å². The van der Waals surface area contributed by atoms with Crippen molar-refractivity contribution in [3.05, 3.63) is 35.9 Å². The molecule has 1 aromatic rings. The van der Waals surface area contributed by atoms with Crippen LogP contribution in [-0.4, -0.2) is 38.0 Å². The number of nitrogens with two attached hydrogens (primary N) is 1. The Morgan fingerprint density at radius 1 is 1.33 bits per heavy atom. The van der Waals surface area contributed by atoms with Gasteiger partial charge in [0.15, 0.2) is 0 Å². The number of aryl methyl sites for hydroxylation is 1. The highest BCUT2D eigenvalue weighted by Crippen LogP contribution is 2.01. The van der Waals surface area contributed by atoms with E-state index >= 15 is 0 Å². The Hall–Kier alpha value is -0.950. The zero-order chi connectivity index (χ0) is 13.6. The fraction of sp³-hybridized carbons (Fsp3) is 0.500. The van der Waals surface area contributed by atoms with Crippen molar-refractivity contribution >= 4 is 10.0 Å². The summed E-state index contributed by atoms with van der Waals surface area (Å²) in [6, 6.07) is 8.82. The van der Waals surface area contributed by atoms with E-state index in [4.69, 9.17) is 10.8 Å². The highest BCUT2D eigenvalue weighted by molar-refractivity contribution is 7.89. The molecule has 0 heterocycles. The summed E-state index contributed by atoms with van der Waals surface area (Å²) in [7, 11) is -3.35. The predicted octanol–water partition coefficient (Wildman–Crippen LogP) is -0.143. The van der Waals surface area contributed by atoms with Crippen molar-refractivity contribution in [1.29, 1.82) is 0 Å². The molecule has 0 aromatic heterocycles. The van der Waals surface area contributed by atoms with Crippen LogP contribution < -0.4 is 10.5 Å². The highest BCUT2D eigenvalue weighted by Gasteiger charge is 2.15. The van der Waals surface area contributed by atoms with Crippen LogP contribution in [0, 0.1) is 0 Å². The van der Waals surface area contributed by atoms with Crippen molar-refractivity contribution in [2.24, 2.45) is 5.73 Å². The SMILES string of the molecule is CC(O)C(N)CNS(=O)(=O)CCc1ccccc1. The van der Waals surface area contributed by atoms with Gasteiger partial charge in [0.05, 0.1) is 11.9 Å². The standard InChI is InChI=1S/C12H20N2O3S/c1-10(15)12(13)9-14-18(16,17)8-7-11-5-3-2-4-6-11/h2-6,10,12,14-15H,7-9,13H2,1H3. The van der Waals surface area contributed by atoms with E-state index in [1.54, 1.807) is 0 Å². The van der Waals surface area contributed by atoms with Crippen LogP contribution >= 0.6 is 0 Å². The first-order chi connectivity index (χ1) is 8.41. The van der Waals surface area contributed by atoms with Crippen LogP contribution in [0.4, 0.5) is 0 Å². The van der Waals surface area contributed by atoms with Gasteiger partial charge in [-0.2, -0.15) is 0 Å². The Morgan fingerprint density at radius 3 is 2.50 bits per heavy atom. The van der Waals surface area contributed by atoms with E-state index in [1.165, 1.54) is 6.92 Å². The van der Waals surface area contributed by atoms with Crippen molar-refractivity contribution in [2.75, 3.05) is 12.3 Å². The normalized spacial score (nSPS) is 15.3. The lowest BCUT2D eigenvalue weighted by molar-refractivity contribution is 0.164. The second-order valence-corrected chi connectivity index (χ2v) is 6.23. The molecule has 0 spiro atoms. The number of nitrogens with one attached hydrogen (secondary N) is 1. The molecule has 2 unspecified atom stereocenters. The fourth-order valence-corrected chi connectivity index (χ4v) is 2.46. The minimum Gasteiger partial charge on any atom is -0.392 e. The molecule has 0 aliphatic rings. The van der Waals surface area contributed by atoms with Gasteiger partial charge in [-0.3, -0.25) is 0 Å². The van der Waals surface area contributed by atoms with Crippen molar-refractivity contribution in [3.8, 4) is 0 Å². The van der Waals surface area contributed by atoms with Crippen molar-refractivity contribution in [3.63, 3.8) is 0 Å². The van der Waals surface area contributed by atoms with Gasteiger partial charge in [-0.25, -0.2) is 13.1 Å². The first-order valence-electron chi connectivity index (χ1n) is 5.85. The minimum atomic E-state index is -3.35. The summed E-state index contributed by atoms with van der Waals surface area (Å²) in [5, 5.41) is 9.17. The molecule has 0 saturated heterocycles. The topological polar surface area (TPSA) is 92.4 Å². The van der Waals surface area contributed by atoms with E-state index < -0.39 is 22.2 Å². The van der Waals surface area contributed by atoms with E-state index in [1.807, 2.05) is 30.3 Å². The van der Waals surface area contributed by atoms with Crippen molar-refractivity contribution in [1.82, 2.24) is 4.72 Å². The number of hydrogen-bond donors (Lipinski definition) is 3. The summed E-state index contributed by atoms with van der Waals surface area (Å²) >= 11 is 0.